The van der Waals surface area contributed by atoms with Crippen molar-refractivity contribution in [2.45, 2.75) is 51.5 Å². The maximum Gasteiger partial charge on any atom is 0.0110 e. The SMILES string of the molecule is CC1CCCCC1NCCN1CCN(CC2CC2)CC1. The second-order valence-electron chi connectivity index (χ2n) is 7.41. The smallest absolute Gasteiger partial charge is 0.0110 e. The van der Waals surface area contributed by atoms with E-state index in [0.29, 0.717) is 0 Å². The number of nitrogens with one attached hydrogen (secondary N) is 1. The van der Waals surface area contributed by atoms with E-state index in [1.807, 2.05) is 0 Å². The zero-order chi connectivity index (χ0) is 13.8. The van der Waals surface area contributed by atoms with Gasteiger partial charge in [-0.05, 0) is 37.5 Å². The third kappa shape index (κ3) is 4.44. The van der Waals surface area contributed by atoms with Gasteiger partial charge < -0.3 is 10.2 Å². The first-order chi connectivity index (χ1) is 9.81. The zero-order valence-electron chi connectivity index (χ0n) is 13.3. The van der Waals surface area contributed by atoms with Crippen molar-refractivity contribution in [3.05, 3.63) is 0 Å². The Morgan fingerprint density at radius 1 is 0.900 bits per heavy atom. The van der Waals surface area contributed by atoms with Gasteiger partial charge in [-0.1, -0.05) is 19.8 Å². The molecule has 20 heavy (non-hydrogen) atoms. The van der Waals surface area contributed by atoms with Crippen molar-refractivity contribution in [1.82, 2.24) is 15.1 Å². The molecule has 0 aromatic rings. The molecule has 1 heterocycles. The Labute approximate surface area is 125 Å². The van der Waals surface area contributed by atoms with Crippen LogP contribution in [-0.4, -0.2) is 61.7 Å². The van der Waals surface area contributed by atoms with Crippen molar-refractivity contribution in [1.29, 1.82) is 0 Å². The van der Waals surface area contributed by atoms with Gasteiger partial charge in [0.25, 0.3) is 0 Å². The molecule has 3 rings (SSSR count). The van der Waals surface area contributed by atoms with E-state index in [0.717, 1.165) is 17.9 Å². The Hall–Kier alpha value is -0.120. The van der Waals surface area contributed by atoms with E-state index in [-0.39, 0.29) is 0 Å². The Bertz CT molecular complexity index is 282. The Morgan fingerprint density at radius 2 is 1.60 bits per heavy atom. The highest BCUT2D eigenvalue weighted by atomic mass is 15.3. The van der Waals surface area contributed by atoms with E-state index in [2.05, 4.69) is 22.0 Å². The molecule has 0 aromatic carbocycles. The van der Waals surface area contributed by atoms with Gasteiger partial charge in [0.1, 0.15) is 0 Å². The molecule has 1 aliphatic heterocycles. The van der Waals surface area contributed by atoms with Crippen LogP contribution < -0.4 is 5.32 Å². The standard InChI is InChI=1S/C17H33N3/c1-15-4-2-3-5-17(15)18-8-9-19-10-12-20(13-11-19)14-16-6-7-16/h15-18H,2-14H2,1H3. The van der Waals surface area contributed by atoms with Crippen LogP contribution in [0.1, 0.15) is 45.4 Å². The molecule has 0 amide bonds. The van der Waals surface area contributed by atoms with E-state index in [1.165, 1.54) is 84.3 Å². The Balaban J connectivity index is 1.27. The van der Waals surface area contributed by atoms with Crippen LogP contribution in [0, 0.1) is 11.8 Å². The number of rotatable bonds is 6. The molecule has 0 radical (unpaired) electrons. The summed E-state index contributed by atoms with van der Waals surface area (Å²) in [7, 11) is 0. The molecule has 0 bridgehead atoms. The predicted molar refractivity (Wildman–Crippen MR) is 85.0 cm³/mol. The maximum atomic E-state index is 3.82. The molecule has 2 saturated carbocycles. The third-order valence-electron chi connectivity index (χ3n) is 5.62. The first kappa shape index (κ1) is 14.8. The average molecular weight is 279 g/mol. The minimum Gasteiger partial charge on any atom is -0.312 e. The van der Waals surface area contributed by atoms with Crippen LogP contribution in [0.3, 0.4) is 0 Å². The highest BCUT2D eigenvalue weighted by Crippen LogP contribution is 2.29. The number of hydrogen-bond acceptors (Lipinski definition) is 3. The lowest BCUT2D eigenvalue weighted by Gasteiger charge is -2.35. The second kappa shape index (κ2) is 7.24. The summed E-state index contributed by atoms with van der Waals surface area (Å²) in [5, 5.41) is 3.82. The average Bonchev–Trinajstić information content (AvgIpc) is 3.27. The number of nitrogens with zero attached hydrogens (tertiary/aromatic N) is 2. The van der Waals surface area contributed by atoms with Crippen LogP contribution >= 0.6 is 0 Å². The molecule has 1 saturated heterocycles. The monoisotopic (exact) mass is 279 g/mol. The van der Waals surface area contributed by atoms with Crippen molar-refractivity contribution in [2.24, 2.45) is 11.8 Å². The van der Waals surface area contributed by atoms with E-state index < -0.39 is 0 Å². The van der Waals surface area contributed by atoms with Crippen LogP contribution in [0.15, 0.2) is 0 Å². The van der Waals surface area contributed by atoms with Gasteiger partial charge >= 0.3 is 0 Å². The van der Waals surface area contributed by atoms with Crippen LogP contribution in [0.25, 0.3) is 0 Å². The summed E-state index contributed by atoms with van der Waals surface area (Å²) < 4.78 is 0. The van der Waals surface area contributed by atoms with Gasteiger partial charge in [-0.15, -0.1) is 0 Å². The van der Waals surface area contributed by atoms with Crippen molar-refractivity contribution >= 4 is 0 Å². The normalized spacial score (nSPS) is 33.5. The third-order valence-corrected chi connectivity index (χ3v) is 5.62. The molecule has 1 N–H and O–H groups in total. The van der Waals surface area contributed by atoms with Crippen LogP contribution in [-0.2, 0) is 0 Å². The summed E-state index contributed by atoms with van der Waals surface area (Å²) in [6, 6.07) is 0.792. The van der Waals surface area contributed by atoms with E-state index >= 15 is 0 Å². The highest BCUT2D eigenvalue weighted by molar-refractivity contribution is 4.82. The molecule has 2 unspecified atom stereocenters. The largest absolute Gasteiger partial charge is 0.312 e. The van der Waals surface area contributed by atoms with Gasteiger partial charge in [-0.2, -0.15) is 0 Å². The molecule has 0 aromatic heterocycles. The summed E-state index contributed by atoms with van der Waals surface area (Å²) in [4.78, 5) is 5.34. The summed E-state index contributed by atoms with van der Waals surface area (Å²) >= 11 is 0. The summed E-state index contributed by atoms with van der Waals surface area (Å²) in [5.41, 5.74) is 0. The summed E-state index contributed by atoms with van der Waals surface area (Å²) in [6.07, 6.45) is 8.69. The van der Waals surface area contributed by atoms with Gasteiger partial charge in [0.2, 0.25) is 0 Å². The zero-order valence-corrected chi connectivity index (χ0v) is 13.3. The lowest BCUT2D eigenvalue weighted by Crippen LogP contribution is -2.49. The first-order valence-electron chi connectivity index (χ1n) is 8.99. The molecule has 2 atom stereocenters. The minimum atomic E-state index is 0.792. The van der Waals surface area contributed by atoms with Crippen molar-refractivity contribution < 1.29 is 0 Å². The molecule has 0 spiro atoms. The lowest BCUT2D eigenvalue weighted by atomic mass is 9.86. The molecular weight excluding hydrogens is 246 g/mol. The van der Waals surface area contributed by atoms with Crippen molar-refractivity contribution in [3.63, 3.8) is 0 Å². The van der Waals surface area contributed by atoms with Crippen LogP contribution in [0.4, 0.5) is 0 Å². The van der Waals surface area contributed by atoms with Crippen molar-refractivity contribution in [3.8, 4) is 0 Å². The quantitative estimate of drug-likeness (QED) is 0.804. The summed E-state index contributed by atoms with van der Waals surface area (Å²) in [6.45, 7) is 11.4. The molecular formula is C17H33N3. The van der Waals surface area contributed by atoms with Gasteiger partial charge in [-0.25, -0.2) is 0 Å². The topological polar surface area (TPSA) is 18.5 Å². The molecule has 3 heteroatoms. The first-order valence-corrected chi connectivity index (χ1v) is 8.99. The lowest BCUT2D eigenvalue weighted by molar-refractivity contribution is 0.126. The second-order valence-corrected chi connectivity index (χ2v) is 7.41. The highest BCUT2D eigenvalue weighted by Gasteiger charge is 2.26. The Kier molecular flexibility index (Phi) is 5.36. The fourth-order valence-electron chi connectivity index (χ4n) is 3.89. The van der Waals surface area contributed by atoms with Gasteiger partial charge in [-0.3, -0.25) is 4.90 Å². The Morgan fingerprint density at radius 3 is 2.30 bits per heavy atom. The molecule has 3 aliphatic rings. The van der Waals surface area contributed by atoms with Crippen LogP contribution in [0.2, 0.25) is 0 Å². The van der Waals surface area contributed by atoms with Crippen LogP contribution in [0.5, 0.6) is 0 Å². The van der Waals surface area contributed by atoms with E-state index in [9.17, 15) is 0 Å². The maximum absolute atomic E-state index is 3.82. The number of hydrogen-bond donors (Lipinski definition) is 1. The van der Waals surface area contributed by atoms with Gasteiger partial charge in [0, 0.05) is 51.9 Å². The summed E-state index contributed by atoms with van der Waals surface area (Å²) in [5.74, 6) is 1.94. The van der Waals surface area contributed by atoms with Gasteiger partial charge in [0.05, 0.1) is 0 Å². The van der Waals surface area contributed by atoms with E-state index in [4.69, 9.17) is 0 Å². The van der Waals surface area contributed by atoms with Crippen molar-refractivity contribution in [2.75, 3.05) is 45.8 Å². The molecule has 2 aliphatic carbocycles. The fraction of sp³-hybridized carbons (Fsp3) is 1.00. The number of piperazine rings is 1. The molecule has 3 nitrogen and oxygen atoms in total. The molecule has 116 valence electrons. The van der Waals surface area contributed by atoms with Gasteiger partial charge in [0.15, 0.2) is 0 Å². The van der Waals surface area contributed by atoms with E-state index in [1.54, 1.807) is 0 Å². The minimum absolute atomic E-state index is 0.792. The molecule has 3 fully saturated rings. The predicted octanol–water partition coefficient (Wildman–Crippen LogP) is 2.18. The fourth-order valence-corrected chi connectivity index (χ4v) is 3.89.